The van der Waals surface area contributed by atoms with Gasteiger partial charge in [-0.1, -0.05) is 12.1 Å². The van der Waals surface area contributed by atoms with E-state index in [-0.39, 0.29) is 35.9 Å². The van der Waals surface area contributed by atoms with Crippen molar-refractivity contribution in [3.05, 3.63) is 46.5 Å². The largest absolute Gasteiger partial charge is 0.504 e. The summed E-state index contributed by atoms with van der Waals surface area (Å²) in [6, 6.07) is 7.47. The lowest BCUT2D eigenvalue weighted by molar-refractivity contribution is -0.138. The van der Waals surface area contributed by atoms with Crippen LogP contribution in [0.3, 0.4) is 0 Å². The maximum atomic E-state index is 13.4. The second-order valence-electron chi connectivity index (χ2n) is 13.2. The summed E-state index contributed by atoms with van der Waals surface area (Å²) in [6.07, 6.45) is 1.32. The molecule has 0 saturated carbocycles. The molecule has 2 saturated heterocycles. The standard InChI is InChI=1S/C35H52N4O6/c1-35(2,31(40)9-7-25-19-27(33(42)29(21-25)44-5)23-38-15-11-36(3)12-16-38)32(41)10-8-26-20-28(34(43)30(22-26)45-6)24-39-17-13-37(4)14-18-39/h19-22,42-43H,7-18,23-24H2,1-6H3. The van der Waals surface area contributed by atoms with Crippen LogP contribution >= 0.6 is 0 Å². The first kappa shape index (κ1) is 34.7. The predicted octanol–water partition coefficient (Wildman–Crippen LogP) is 3.34. The quantitative estimate of drug-likeness (QED) is 0.304. The lowest BCUT2D eigenvalue weighted by atomic mass is 9.79. The zero-order valence-electron chi connectivity index (χ0n) is 28.0. The monoisotopic (exact) mass is 624 g/mol. The van der Waals surface area contributed by atoms with E-state index < -0.39 is 5.41 Å². The van der Waals surface area contributed by atoms with Crippen LogP contribution in [-0.2, 0) is 35.5 Å². The molecule has 248 valence electrons. The number of likely N-dealkylation sites (N-methyl/N-ethyl adjacent to an activating group) is 2. The lowest BCUT2D eigenvalue weighted by Gasteiger charge is -2.32. The Hall–Kier alpha value is -3.18. The molecule has 10 heteroatoms. The highest BCUT2D eigenvalue weighted by molar-refractivity contribution is 6.06. The van der Waals surface area contributed by atoms with Crippen LogP contribution in [0.5, 0.6) is 23.0 Å². The van der Waals surface area contributed by atoms with E-state index >= 15 is 0 Å². The zero-order valence-corrected chi connectivity index (χ0v) is 28.0. The second-order valence-corrected chi connectivity index (χ2v) is 13.2. The van der Waals surface area contributed by atoms with Crippen molar-refractivity contribution in [2.24, 2.45) is 5.41 Å². The van der Waals surface area contributed by atoms with E-state index in [1.807, 2.05) is 12.1 Å². The maximum Gasteiger partial charge on any atom is 0.162 e. The smallest absolute Gasteiger partial charge is 0.162 e. The number of ether oxygens (including phenoxy) is 2. The fourth-order valence-corrected chi connectivity index (χ4v) is 6.09. The van der Waals surface area contributed by atoms with E-state index in [1.165, 1.54) is 14.2 Å². The number of aromatic hydroxyl groups is 2. The van der Waals surface area contributed by atoms with Crippen LogP contribution < -0.4 is 9.47 Å². The summed E-state index contributed by atoms with van der Waals surface area (Å²) in [6.45, 7) is 12.3. The number of hydrogen-bond acceptors (Lipinski definition) is 10. The molecule has 4 rings (SSSR count). The normalized spacial score (nSPS) is 17.4. The Balaban J connectivity index is 1.37. The van der Waals surface area contributed by atoms with Gasteiger partial charge in [0, 0.05) is 89.4 Å². The third kappa shape index (κ3) is 8.97. The Labute approximate surface area is 268 Å². The van der Waals surface area contributed by atoms with Gasteiger partial charge in [0.15, 0.2) is 23.0 Å². The molecule has 0 aromatic heterocycles. The van der Waals surface area contributed by atoms with Crippen LogP contribution in [0.15, 0.2) is 24.3 Å². The molecule has 0 radical (unpaired) electrons. The summed E-state index contributed by atoms with van der Waals surface area (Å²) < 4.78 is 10.9. The molecule has 0 unspecified atom stereocenters. The molecule has 0 bridgehead atoms. The number of methoxy groups -OCH3 is 2. The van der Waals surface area contributed by atoms with E-state index in [2.05, 4.69) is 33.7 Å². The molecular weight excluding hydrogens is 572 g/mol. The van der Waals surface area contributed by atoms with Crippen molar-refractivity contribution in [3.63, 3.8) is 0 Å². The Morgan fingerprint density at radius 3 is 1.36 bits per heavy atom. The second kappa shape index (κ2) is 15.4. The first-order chi connectivity index (χ1) is 21.4. The van der Waals surface area contributed by atoms with E-state index in [9.17, 15) is 19.8 Å². The van der Waals surface area contributed by atoms with Gasteiger partial charge in [0.25, 0.3) is 0 Å². The van der Waals surface area contributed by atoms with Crippen LogP contribution in [-0.4, -0.2) is 122 Å². The van der Waals surface area contributed by atoms with Gasteiger partial charge >= 0.3 is 0 Å². The molecule has 2 aliphatic rings. The van der Waals surface area contributed by atoms with Crippen LogP contribution in [0, 0.1) is 5.41 Å². The molecule has 2 aliphatic heterocycles. The summed E-state index contributed by atoms with van der Waals surface area (Å²) in [7, 11) is 7.28. The van der Waals surface area contributed by atoms with Crippen LogP contribution in [0.4, 0.5) is 0 Å². The van der Waals surface area contributed by atoms with Gasteiger partial charge in [-0.05, 0) is 64.0 Å². The van der Waals surface area contributed by atoms with E-state index in [1.54, 1.807) is 26.0 Å². The number of aryl methyl sites for hydroxylation is 2. The predicted molar refractivity (Wildman–Crippen MR) is 175 cm³/mol. The average molecular weight is 625 g/mol. The number of benzene rings is 2. The number of hydrogen-bond donors (Lipinski definition) is 2. The number of Topliss-reactive ketones (excluding diaryl/α,β-unsaturated/α-hetero) is 2. The molecule has 2 N–H and O–H groups in total. The van der Waals surface area contributed by atoms with Crippen molar-refractivity contribution in [3.8, 4) is 23.0 Å². The number of piperazine rings is 2. The summed E-state index contributed by atoms with van der Waals surface area (Å²) in [4.78, 5) is 36.0. The number of phenols is 2. The number of phenolic OH excluding ortho intramolecular Hbond substituents is 2. The third-order valence-electron chi connectivity index (χ3n) is 9.52. The van der Waals surface area contributed by atoms with Crippen molar-refractivity contribution >= 4 is 11.6 Å². The Morgan fingerprint density at radius 2 is 1.02 bits per heavy atom. The van der Waals surface area contributed by atoms with Crippen LogP contribution in [0.25, 0.3) is 0 Å². The van der Waals surface area contributed by atoms with E-state index in [0.29, 0.717) is 37.4 Å². The van der Waals surface area contributed by atoms with Crippen molar-refractivity contribution < 1.29 is 29.3 Å². The Bertz CT molecular complexity index is 1230. The Kier molecular flexibility index (Phi) is 11.9. The maximum absolute atomic E-state index is 13.4. The SMILES string of the molecule is COc1cc(CCC(=O)C(C)(C)C(=O)CCc2cc(CN3CCN(C)CC3)c(O)c(OC)c2)cc(CN2CCN(C)CC2)c1O. The fourth-order valence-electron chi connectivity index (χ4n) is 6.09. The molecule has 0 amide bonds. The highest BCUT2D eigenvalue weighted by atomic mass is 16.5. The lowest BCUT2D eigenvalue weighted by Crippen LogP contribution is -2.43. The minimum Gasteiger partial charge on any atom is -0.504 e. The number of rotatable bonds is 14. The van der Waals surface area contributed by atoms with Gasteiger partial charge in [-0.3, -0.25) is 19.4 Å². The third-order valence-corrected chi connectivity index (χ3v) is 9.52. The number of nitrogens with zero attached hydrogens (tertiary/aromatic N) is 4. The molecule has 0 atom stereocenters. The first-order valence-corrected chi connectivity index (χ1v) is 16.1. The summed E-state index contributed by atoms with van der Waals surface area (Å²) in [5.74, 6) is 0.851. The molecule has 45 heavy (non-hydrogen) atoms. The van der Waals surface area contributed by atoms with Crippen molar-refractivity contribution in [2.45, 2.75) is 52.6 Å². The van der Waals surface area contributed by atoms with Crippen molar-refractivity contribution in [1.29, 1.82) is 0 Å². The van der Waals surface area contributed by atoms with Gasteiger partial charge in [0.2, 0.25) is 0 Å². The topological polar surface area (TPSA) is 106 Å². The summed E-state index contributed by atoms with van der Waals surface area (Å²) >= 11 is 0. The minimum atomic E-state index is -1.13. The highest BCUT2D eigenvalue weighted by Gasteiger charge is 2.34. The molecule has 2 fully saturated rings. The average Bonchev–Trinajstić information content (AvgIpc) is 3.03. The minimum absolute atomic E-state index is 0.112. The number of carbonyl (C=O) groups excluding carboxylic acids is 2. The summed E-state index contributed by atoms with van der Waals surface area (Å²) in [5.41, 5.74) is 2.23. The molecule has 2 aromatic rings. The molecule has 2 aromatic carbocycles. The molecule has 0 spiro atoms. The Morgan fingerprint density at radius 1 is 0.667 bits per heavy atom. The van der Waals surface area contributed by atoms with Gasteiger partial charge in [0.1, 0.15) is 11.6 Å². The zero-order chi connectivity index (χ0) is 32.7. The van der Waals surface area contributed by atoms with E-state index in [4.69, 9.17) is 9.47 Å². The molecule has 10 nitrogen and oxygen atoms in total. The number of carbonyl (C=O) groups is 2. The molecular formula is C35H52N4O6. The van der Waals surface area contributed by atoms with Crippen molar-refractivity contribution in [2.75, 3.05) is 80.7 Å². The van der Waals surface area contributed by atoms with Gasteiger partial charge in [-0.25, -0.2) is 0 Å². The van der Waals surface area contributed by atoms with Gasteiger partial charge in [0.05, 0.1) is 19.6 Å². The number of ketones is 2. The fraction of sp³-hybridized carbons (Fsp3) is 0.600. The highest BCUT2D eigenvalue weighted by Crippen LogP contribution is 2.35. The van der Waals surface area contributed by atoms with Crippen LogP contribution in [0.1, 0.15) is 48.9 Å². The first-order valence-electron chi connectivity index (χ1n) is 16.1. The molecule has 2 heterocycles. The summed E-state index contributed by atoms with van der Waals surface area (Å²) in [5, 5.41) is 21.6. The van der Waals surface area contributed by atoms with Gasteiger partial charge < -0.3 is 29.5 Å². The van der Waals surface area contributed by atoms with Gasteiger partial charge in [-0.2, -0.15) is 0 Å². The van der Waals surface area contributed by atoms with Crippen molar-refractivity contribution in [1.82, 2.24) is 19.6 Å². The van der Waals surface area contributed by atoms with Crippen LogP contribution in [0.2, 0.25) is 0 Å². The molecule has 0 aliphatic carbocycles. The van der Waals surface area contributed by atoms with Gasteiger partial charge in [-0.15, -0.1) is 0 Å². The van der Waals surface area contributed by atoms with E-state index in [0.717, 1.165) is 74.6 Å².